The van der Waals surface area contributed by atoms with Crippen LogP contribution < -0.4 is 10.6 Å². The number of ether oxygens (including phenoxy) is 1. The van der Waals surface area contributed by atoms with Crippen LogP contribution in [0, 0.1) is 13.8 Å². The summed E-state index contributed by atoms with van der Waals surface area (Å²) in [5, 5.41) is 19.3. The minimum Gasteiger partial charge on any atom is -0.383 e. The van der Waals surface area contributed by atoms with Gasteiger partial charge in [-0.15, -0.1) is 10.2 Å². The average molecular weight is 362 g/mol. The maximum atomic E-state index is 5.14. The lowest BCUT2D eigenvalue weighted by atomic mass is 10.2. The molecule has 0 radical (unpaired) electrons. The second-order valence-corrected chi connectivity index (χ2v) is 6.01. The van der Waals surface area contributed by atoms with Crippen molar-refractivity contribution in [3.63, 3.8) is 0 Å². The van der Waals surface area contributed by atoms with E-state index in [0.29, 0.717) is 13.2 Å². The monoisotopic (exact) mass is 362 g/mol. The van der Waals surface area contributed by atoms with Crippen molar-refractivity contribution in [3.05, 3.63) is 29.1 Å². The van der Waals surface area contributed by atoms with E-state index in [4.69, 9.17) is 4.74 Å². The van der Waals surface area contributed by atoms with Gasteiger partial charge in [-0.05, 0) is 13.8 Å². The molecule has 0 amide bonds. The number of nitrogens with zero attached hydrogens (tertiary/aromatic N) is 6. The summed E-state index contributed by atoms with van der Waals surface area (Å²) in [6, 6.07) is 0. The summed E-state index contributed by atoms with van der Waals surface area (Å²) >= 11 is 0. The molecule has 0 aromatic carbocycles. The van der Waals surface area contributed by atoms with Crippen molar-refractivity contribution in [2.75, 3.05) is 27.3 Å². The number of methoxy groups -OCH3 is 1. The van der Waals surface area contributed by atoms with Crippen LogP contribution in [0.25, 0.3) is 0 Å². The van der Waals surface area contributed by atoms with Crippen molar-refractivity contribution in [2.45, 2.75) is 46.8 Å². The molecule has 0 saturated carbocycles. The first kappa shape index (κ1) is 19.9. The number of hydrogen-bond donors (Lipinski definition) is 2. The number of rotatable bonds is 9. The third-order valence-electron chi connectivity index (χ3n) is 4.35. The quantitative estimate of drug-likeness (QED) is 0.503. The molecule has 0 atom stereocenters. The maximum Gasteiger partial charge on any atom is 0.191 e. The van der Waals surface area contributed by atoms with Crippen molar-refractivity contribution in [1.82, 2.24) is 35.2 Å². The van der Waals surface area contributed by atoms with Gasteiger partial charge in [-0.3, -0.25) is 9.67 Å². The minimum absolute atomic E-state index is 0.654. The molecule has 0 bridgehead atoms. The molecule has 144 valence electrons. The number of hydrogen-bond acceptors (Lipinski definition) is 5. The summed E-state index contributed by atoms with van der Waals surface area (Å²) in [5.74, 6) is 1.75. The van der Waals surface area contributed by atoms with Gasteiger partial charge < -0.3 is 19.9 Å². The van der Waals surface area contributed by atoms with E-state index in [0.717, 1.165) is 49.2 Å². The zero-order chi connectivity index (χ0) is 18.9. The van der Waals surface area contributed by atoms with Crippen LogP contribution in [0.15, 0.2) is 11.3 Å². The van der Waals surface area contributed by atoms with E-state index < -0.39 is 0 Å². The van der Waals surface area contributed by atoms with Crippen LogP contribution in [0.4, 0.5) is 0 Å². The van der Waals surface area contributed by atoms with Crippen molar-refractivity contribution in [1.29, 1.82) is 0 Å². The van der Waals surface area contributed by atoms with Gasteiger partial charge in [0.25, 0.3) is 0 Å². The first-order valence-corrected chi connectivity index (χ1v) is 8.93. The summed E-state index contributed by atoms with van der Waals surface area (Å²) in [6.45, 7) is 9.82. The molecule has 0 aliphatic rings. The minimum atomic E-state index is 0.654. The Balaban J connectivity index is 1.86. The molecule has 0 fully saturated rings. The summed E-state index contributed by atoms with van der Waals surface area (Å²) in [6.07, 6.45) is 2.64. The molecule has 9 nitrogen and oxygen atoms in total. The molecule has 0 unspecified atom stereocenters. The molecule has 2 rings (SSSR count). The predicted molar refractivity (Wildman–Crippen MR) is 101 cm³/mol. The Hall–Kier alpha value is -2.42. The summed E-state index contributed by atoms with van der Waals surface area (Å²) in [7, 11) is 3.47. The second-order valence-electron chi connectivity index (χ2n) is 6.01. The molecular formula is C17H30N8O. The van der Waals surface area contributed by atoms with E-state index in [9.17, 15) is 0 Å². The first-order valence-electron chi connectivity index (χ1n) is 8.93. The number of aryl methyl sites for hydroxylation is 2. The number of nitrogens with one attached hydrogen (secondary N) is 2. The molecule has 2 aromatic rings. The van der Waals surface area contributed by atoms with Gasteiger partial charge in [-0.2, -0.15) is 5.10 Å². The standard InChI is InChI=1S/C17H30N8O/c1-6-16-22-21-12-24(16)8-7-19-17(18-4)20-11-15-13(2)23-25(14(15)3)9-10-26-5/h12H,6-11H2,1-5H3,(H2,18,19,20). The molecule has 26 heavy (non-hydrogen) atoms. The van der Waals surface area contributed by atoms with Gasteiger partial charge >= 0.3 is 0 Å². The van der Waals surface area contributed by atoms with Gasteiger partial charge in [0.1, 0.15) is 12.2 Å². The van der Waals surface area contributed by atoms with E-state index in [1.165, 1.54) is 5.56 Å². The van der Waals surface area contributed by atoms with E-state index in [1.54, 1.807) is 20.5 Å². The third kappa shape index (κ3) is 5.04. The van der Waals surface area contributed by atoms with Gasteiger partial charge in [0.2, 0.25) is 0 Å². The van der Waals surface area contributed by atoms with Crippen LogP contribution in [-0.2, 0) is 30.8 Å². The number of guanidine groups is 1. The molecule has 2 aromatic heterocycles. The first-order chi connectivity index (χ1) is 12.6. The highest BCUT2D eigenvalue weighted by Crippen LogP contribution is 2.12. The molecule has 0 aliphatic heterocycles. The Morgan fingerprint density at radius 3 is 2.77 bits per heavy atom. The fourth-order valence-corrected chi connectivity index (χ4v) is 2.81. The molecular weight excluding hydrogens is 332 g/mol. The summed E-state index contributed by atoms with van der Waals surface area (Å²) in [4.78, 5) is 4.29. The van der Waals surface area contributed by atoms with E-state index >= 15 is 0 Å². The van der Waals surface area contributed by atoms with Crippen LogP contribution in [-0.4, -0.2) is 57.8 Å². The highest BCUT2D eigenvalue weighted by Gasteiger charge is 2.12. The summed E-state index contributed by atoms with van der Waals surface area (Å²) in [5.41, 5.74) is 3.37. The lowest BCUT2D eigenvalue weighted by molar-refractivity contribution is 0.182. The largest absolute Gasteiger partial charge is 0.383 e. The molecule has 0 aliphatic carbocycles. The average Bonchev–Trinajstić information content (AvgIpc) is 3.20. The third-order valence-corrected chi connectivity index (χ3v) is 4.35. The van der Waals surface area contributed by atoms with Crippen molar-refractivity contribution in [3.8, 4) is 0 Å². The van der Waals surface area contributed by atoms with E-state index in [1.807, 2.05) is 11.6 Å². The van der Waals surface area contributed by atoms with Crippen molar-refractivity contribution >= 4 is 5.96 Å². The highest BCUT2D eigenvalue weighted by atomic mass is 16.5. The van der Waals surface area contributed by atoms with Crippen LogP contribution in [0.2, 0.25) is 0 Å². The smallest absolute Gasteiger partial charge is 0.191 e. The van der Waals surface area contributed by atoms with Gasteiger partial charge in [-0.1, -0.05) is 6.92 Å². The fourth-order valence-electron chi connectivity index (χ4n) is 2.81. The Morgan fingerprint density at radius 2 is 2.08 bits per heavy atom. The van der Waals surface area contributed by atoms with Crippen molar-refractivity contribution in [2.24, 2.45) is 4.99 Å². The zero-order valence-corrected chi connectivity index (χ0v) is 16.4. The molecule has 2 heterocycles. The molecule has 2 N–H and O–H groups in total. The normalized spacial score (nSPS) is 11.8. The van der Waals surface area contributed by atoms with Crippen LogP contribution in [0.3, 0.4) is 0 Å². The lowest BCUT2D eigenvalue weighted by Crippen LogP contribution is -2.38. The fraction of sp³-hybridized carbons (Fsp3) is 0.647. The SMILES string of the molecule is CCc1nncn1CCNC(=NC)NCc1c(C)nn(CCOC)c1C. The van der Waals surface area contributed by atoms with Gasteiger partial charge in [0.05, 0.1) is 18.8 Å². The zero-order valence-electron chi connectivity index (χ0n) is 16.4. The van der Waals surface area contributed by atoms with Crippen LogP contribution >= 0.6 is 0 Å². The van der Waals surface area contributed by atoms with Crippen molar-refractivity contribution < 1.29 is 4.74 Å². The Labute approximate surface area is 154 Å². The van der Waals surface area contributed by atoms with Gasteiger partial charge in [0, 0.05) is 51.5 Å². The van der Waals surface area contributed by atoms with Gasteiger partial charge in [0.15, 0.2) is 5.96 Å². The molecule has 9 heteroatoms. The topological polar surface area (TPSA) is 94.2 Å². The molecule has 0 saturated heterocycles. The maximum absolute atomic E-state index is 5.14. The second kappa shape index (κ2) is 9.91. The van der Waals surface area contributed by atoms with E-state index in [-0.39, 0.29) is 0 Å². The number of aliphatic imine (C=N–C) groups is 1. The van der Waals surface area contributed by atoms with E-state index in [2.05, 4.69) is 49.3 Å². The van der Waals surface area contributed by atoms with Gasteiger partial charge in [-0.25, -0.2) is 0 Å². The van der Waals surface area contributed by atoms with Crippen LogP contribution in [0.5, 0.6) is 0 Å². The molecule has 0 spiro atoms. The highest BCUT2D eigenvalue weighted by molar-refractivity contribution is 5.79. The predicted octanol–water partition coefficient (Wildman–Crippen LogP) is 0.665. The summed E-state index contributed by atoms with van der Waals surface area (Å²) < 4.78 is 9.18. The Morgan fingerprint density at radius 1 is 1.27 bits per heavy atom. The lowest BCUT2D eigenvalue weighted by Gasteiger charge is -2.13. The van der Waals surface area contributed by atoms with Crippen LogP contribution in [0.1, 0.15) is 29.7 Å². The Bertz CT molecular complexity index is 718. The number of aromatic nitrogens is 5. The Kier molecular flexibility index (Phi) is 7.58.